The Bertz CT molecular complexity index is 1330. The van der Waals surface area contributed by atoms with Gasteiger partial charge in [-0.3, -0.25) is 4.79 Å². The lowest BCUT2D eigenvalue weighted by Gasteiger charge is -2.51. The second-order valence-electron chi connectivity index (χ2n) is 14.0. The van der Waals surface area contributed by atoms with Gasteiger partial charge in [0, 0.05) is 12.3 Å². The summed E-state index contributed by atoms with van der Waals surface area (Å²) in [4.78, 5) is 28.4. The van der Waals surface area contributed by atoms with Crippen molar-refractivity contribution in [1.82, 2.24) is 5.43 Å². The molecule has 2 N–H and O–H groups in total. The highest BCUT2D eigenvalue weighted by molar-refractivity contribution is 6.18. The fourth-order valence-corrected chi connectivity index (χ4v) is 8.45. The van der Waals surface area contributed by atoms with Gasteiger partial charge in [-0.15, -0.1) is 0 Å². The molecule has 2 bridgehead atoms. The zero-order valence-electron chi connectivity index (χ0n) is 30.1. The first-order valence-corrected chi connectivity index (χ1v) is 17.0. The molecule has 0 amide bonds. The van der Waals surface area contributed by atoms with Gasteiger partial charge < -0.3 is 24.7 Å². The van der Waals surface area contributed by atoms with Gasteiger partial charge in [-0.1, -0.05) is 74.1 Å². The fraction of sp³-hybridized carbons (Fsp3) is 0.757. The van der Waals surface area contributed by atoms with E-state index in [1.807, 2.05) is 52.2 Å². The van der Waals surface area contributed by atoms with Crippen molar-refractivity contribution < 1.29 is 42.1 Å². The first-order valence-electron chi connectivity index (χ1n) is 17.0. The number of carbonyl (C=O) groups excluding carboxylic acids is 2. The summed E-state index contributed by atoms with van der Waals surface area (Å²) >= 11 is 0. The van der Waals surface area contributed by atoms with E-state index in [1.54, 1.807) is 27.7 Å². The molecule has 8 nitrogen and oxygen atoms in total. The predicted molar refractivity (Wildman–Crippen MR) is 182 cm³/mol. The van der Waals surface area contributed by atoms with Gasteiger partial charge in [0.25, 0.3) is 0 Å². The number of ether oxygens (including phenoxy) is 3. The van der Waals surface area contributed by atoms with Gasteiger partial charge in [0.15, 0.2) is 17.7 Å². The number of carbonyl (C=O) groups is 2. The molecular formula is C37H59F3N2O6. The number of hydrazone groups is 1. The molecule has 274 valence electrons. The van der Waals surface area contributed by atoms with Crippen molar-refractivity contribution in [2.24, 2.45) is 39.6 Å². The van der Waals surface area contributed by atoms with Gasteiger partial charge in [0.1, 0.15) is 12.1 Å². The van der Waals surface area contributed by atoms with Crippen LogP contribution in [0.4, 0.5) is 13.2 Å². The van der Waals surface area contributed by atoms with E-state index in [0.717, 1.165) is 12.0 Å². The van der Waals surface area contributed by atoms with Crippen molar-refractivity contribution in [1.29, 1.82) is 0 Å². The number of nitrogens with zero attached hydrogens (tertiary/aromatic N) is 1. The van der Waals surface area contributed by atoms with E-state index in [2.05, 4.69) is 18.9 Å². The first kappa shape index (κ1) is 41.7. The Morgan fingerprint density at radius 3 is 2.35 bits per heavy atom. The third-order valence-corrected chi connectivity index (χ3v) is 10.6. The van der Waals surface area contributed by atoms with Crippen LogP contribution in [0.3, 0.4) is 0 Å². The molecule has 0 aromatic heterocycles. The molecular weight excluding hydrogens is 625 g/mol. The van der Waals surface area contributed by atoms with Crippen LogP contribution >= 0.6 is 0 Å². The van der Waals surface area contributed by atoms with Crippen molar-refractivity contribution in [2.75, 3.05) is 13.2 Å². The summed E-state index contributed by atoms with van der Waals surface area (Å²) in [5.41, 5.74) is -0.0146. The lowest BCUT2D eigenvalue weighted by molar-refractivity contribution is -0.267. The maximum Gasteiger partial charge on any atom is 0.407 e. The molecule has 2 saturated carbocycles. The fourth-order valence-electron chi connectivity index (χ4n) is 8.45. The molecule has 6 unspecified atom stereocenters. The number of nitrogens with one attached hydrogen (secondary N) is 1. The van der Waals surface area contributed by atoms with E-state index >= 15 is 0 Å². The summed E-state index contributed by atoms with van der Waals surface area (Å²) in [5.74, 6) is -2.24. The molecule has 0 aromatic carbocycles. The zero-order chi connectivity index (χ0) is 35.9. The average Bonchev–Trinajstić information content (AvgIpc) is 3.46. The summed E-state index contributed by atoms with van der Waals surface area (Å²) in [6, 6.07) is 0. The van der Waals surface area contributed by atoms with Crippen molar-refractivity contribution in [2.45, 2.75) is 133 Å². The molecule has 48 heavy (non-hydrogen) atoms. The second kappa shape index (κ2) is 14.8. The normalized spacial score (nSPS) is 37.2. The molecule has 8 atom stereocenters. The van der Waals surface area contributed by atoms with Crippen LogP contribution in [0.25, 0.3) is 0 Å². The van der Waals surface area contributed by atoms with Crippen LogP contribution in [-0.2, 0) is 23.8 Å². The smallest absolute Gasteiger partial charge is 0.407 e. The Balaban J connectivity index is 0.00000154. The highest BCUT2D eigenvalue weighted by Crippen LogP contribution is 2.71. The topological polar surface area (TPSA) is 106 Å². The maximum absolute atomic E-state index is 14.8. The number of halogens is 3. The minimum atomic E-state index is -4.48. The summed E-state index contributed by atoms with van der Waals surface area (Å²) in [5, 5.41) is 16.7. The summed E-state index contributed by atoms with van der Waals surface area (Å²) < 4.78 is 56.3. The highest BCUT2D eigenvalue weighted by Gasteiger charge is 2.74. The first-order chi connectivity index (χ1) is 21.8. The molecule has 0 aromatic rings. The Kier molecular flexibility index (Phi) is 12.8. The number of ketones is 1. The third-order valence-electron chi connectivity index (χ3n) is 10.6. The number of hydrogen-bond acceptors (Lipinski definition) is 8. The van der Waals surface area contributed by atoms with Gasteiger partial charge in [-0.25, -0.2) is 4.79 Å². The molecule has 1 heterocycles. The van der Waals surface area contributed by atoms with Crippen LogP contribution < -0.4 is 5.43 Å². The van der Waals surface area contributed by atoms with Gasteiger partial charge in [-0.05, 0) is 75.4 Å². The van der Waals surface area contributed by atoms with Gasteiger partial charge in [0.05, 0.1) is 29.4 Å². The summed E-state index contributed by atoms with van der Waals surface area (Å²) in [6.07, 6.45) is -0.329. The van der Waals surface area contributed by atoms with Gasteiger partial charge >= 0.3 is 12.1 Å². The minimum Gasteiger partial charge on any atom is -0.451 e. The Morgan fingerprint density at radius 2 is 1.79 bits per heavy atom. The van der Waals surface area contributed by atoms with E-state index in [4.69, 9.17) is 14.2 Å². The van der Waals surface area contributed by atoms with E-state index < -0.39 is 53.6 Å². The second-order valence-corrected chi connectivity index (χ2v) is 14.0. The SMILES string of the molecule is C.C/C=C(C(=O)OC1C(C)=CC23C(=O)C(/C=C4/COC(C)(C)OC4CC12O)[C@H]1C(C[C@H]3C)C1(C)C)/C(C)=N\NCC(F)(F)F.CC.CC. The van der Waals surface area contributed by atoms with Gasteiger partial charge in [0.2, 0.25) is 0 Å². The lowest BCUT2D eigenvalue weighted by Crippen LogP contribution is -2.63. The van der Waals surface area contributed by atoms with Crippen LogP contribution in [0.15, 0.2) is 40.0 Å². The Labute approximate surface area is 285 Å². The molecule has 5 aliphatic rings. The van der Waals surface area contributed by atoms with Crippen LogP contribution in [0, 0.1) is 34.5 Å². The largest absolute Gasteiger partial charge is 0.451 e. The van der Waals surface area contributed by atoms with E-state index in [0.29, 0.717) is 5.57 Å². The number of alkyl halides is 3. The van der Waals surface area contributed by atoms with Crippen molar-refractivity contribution in [3.05, 3.63) is 34.9 Å². The summed E-state index contributed by atoms with van der Waals surface area (Å²) in [7, 11) is 0. The molecule has 3 fully saturated rings. The molecule has 4 aliphatic carbocycles. The monoisotopic (exact) mass is 684 g/mol. The van der Waals surface area contributed by atoms with E-state index in [-0.39, 0.29) is 60.7 Å². The highest BCUT2D eigenvalue weighted by atomic mass is 19.4. The molecule has 11 heteroatoms. The van der Waals surface area contributed by atoms with Gasteiger partial charge in [-0.2, -0.15) is 18.3 Å². The predicted octanol–water partition coefficient (Wildman–Crippen LogP) is 7.72. The standard InChI is InChI=1S/C32H43F3N2O6.2C2H6.CH4/c1-9-20(18(4)37-36-15-32(33,34)35)27(39)42-26-16(2)12-30-17(3)10-22-24(28(22,5)6)21(25(30)38)11-19-14-41-29(7,8)43-23(19)13-31(26,30)40;2*1-2;/h9,11-12,17,21-24,26,36,40H,10,13-15H2,1-8H3;2*1-2H3;1H4/b19-11-,20-9-,37-18-;;;/t17-,21?,22?,23?,24+,26?,30?,31?;;;/m1.../s1. The van der Waals surface area contributed by atoms with Crippen LogP contribution in [0.2, 0.25) is 0 Å². The zero-order valence-corrected chi connectivity index (χ0v) is 30.1. The number of hydrogen-bond donors (Lipinski definition) is 2. The van der Waals surface area contributed by atoms with Crippen LogP contribution in [-0.4, -0.2) is 65.5 Å². The number of allylic oxidation sites excluding steroid dienone is 2. The average molecular weight is 685 g/mol. The Morgan fingerprint density at radius 1 is 1.19 bits per heavy atom. The maximum atomic E-state index is 14.8. The van der Waals surface area contributed by atoms with E-state index in [1.165, 1.54) is 13.0 Å². The number of esters is 1. The van der Waals surface area contributed by atoms with Crippen molar-refractivity contribution in [3.8, 4) is 0 Å². The number of fused-ring (bicyclic) bond motifs is 4. The third kappa shape index (κ3) is 7.20. The molecule has 1 aliphatic heterocycles. The summed E-state index contributed by atoms with van der Waals surface area (Å²) in [6.45, 7) is 21.5. The molecule has 0 radical (unpaired) electrons. The molecule has 5 rings (SSSR count). The quantitative estimate of drug-likeness (QED) is 0.100. The minimum absolute atomic E-state index is 0. The molecule has 1 spiro atoms. The van der Waals surface area contributed by atoms with E-state index in [9.17, 15) is 27.9 Å². The van der Waals surface area contributed by atoms with Crippen molar-refractivity contribution in [3.63, 3.8) is 0 Å². The number of Topliss-reactive ketones (excluding diaryl/α,β-unsaturated/α-hetero) is 1. The van der Waals surface area contributed by atoms with Crippen LogP contribution in [0.5, 0.6) is 0 Å². The van der Waals surface area contributed by atoms with Crippen LogP contribution in [0.1, 0.15) is 103 Å². The number of aliphatic hydroxyl groups is 1. The molecule has 1 saturated heterocycles. The lowest BCUT2D eigenvalue weighted by atomic mass is 9.57. The van der Waals surface area contributed by atoms with Crippen molar-refractivity contribution >= 4 is 17.5 Å². The number of rotatable bonds is 5. The Hall–Kier alpha value is -2.50.